The van der Waals surface area contributed by atoms with Gasteiger partial charge in [0.2, 0.25) is 11.8 Å². The summed E-state index contributed by atoms with van der Waals surface area (Å²) in [4.78, 5) is 25.9. The van der Waals surface area contributed by atoms with Crippen molar-refractivity contribution < 1.29 is 9.59 Å². The van der Waals surface area contributed by atoms with Gasteiger partial charge in [-0.05, 0) is 50.7 Å². The van der Waals surface area contributed by atoms with E-state index in [0.717, 1.165) is 37.6 Å². The summed E-state index contributed by atoms with van der Waals surface area (Å²) >= 11 is 1.70. The molecular formula is C15H26N2O2S. The van der Waals surface area contributed by atoms with Crippen LogP contribution in [0.5, 0.6) is 0 Å². The zero-order valence-corrected chi connectivity index (χ0v) is 13.2. The number of hydrogen-bond donors (Lipinski definition) is 1. The van der Waals surface area contributed by atoms with Crippen molar-refractivity contribution in [3.63, 3.8) is 0 Å². The van der Waals surface area contributed by atoms with E-state index >= 15 is 0 Å². The van der Waals surface area contributed by atoms with Gasteiger partial charge >= 0.3 is 0 Å². The smallest absolute Gasteiger partial charge is 0.244 e. The number of rotatable bonds is 6. The maximum atomic E-state index is 12.2. The van der Waals surface area contributed by atoms with Crippen molar-refractivity contribution in [1.29, 1.82) is 0 Å². The molecule has 1 aliphatic heterocycles. The molecule has 1 atom stereocenters. The zero-order valence-electron chi connectivity index (χ0n) is 12.4. The quantitative estimate of drug-likeness (QED) is 0.816. The van der Waals surface area contributed by atoms with Crippen LogP contribution in [-0.4, -0.2) is 47.4 Å². The fourth-order valence-corrected chi connectivity index (χ4v) is 3.76. The Morgan fingerprint density at radius 3 is 2.50 bits per heavy atom. The molecule has 0 bridgehead atoms. The SMILES string of the molecule is C[C@@H](NC(=O)CSCC1CCC1)C(=O)N1CCCCC1. The van der Waals surface area contributed by atoms with Crippen molar-refractivity contribution in [2.75, 3.05) is 24.6 Å². The number of carbonyl (C=O) groups is 2. The van der Waals surface area contributed by atoms with Crippen molar-refractivity contribution in [3.8, 4) is 0 Å². The summed E-state index contributed by atoms with van der Waals surface area (Å²) in [5, 5.41) is 2.84. The Balaban J connectivity index is 1.62. The minimum atomic E-state index is -0.384. The second kappa shape index (κ2) is 7.91. The van der Waals surface area contributed by atoms with Crippen molar-refractivity contribution in [1.82, 2.24) is 10.2 Å². The van der Waals surface area contributed by atoms with Gasteiger partial charge in [0.25, 0.3) is 0 Å². The van der Waals surface area contributed by atoms with Crippen molar-refractivity contribution in [2.45, 2.75) is 51.5 Å². The van der Waals surface area contributed by atoms with Gasteiger partial charge < -0.3 is 10.2 Å². The third-order valence-electron chi connectivity index (χ3n) is 4.23. The van der Waals surface area contributed by atoms with Gasteiger partial charge in [-0.3, -0.25) is 9.59 Å². The van der Waals surface area contributed by atoms with E-state index < -0.39 is 0 Å². The van der Waals surface area contributed by atoms with Gasteiger partial charge in [-0.1, -0.05) is 6.42 Å². The Morgan fingerprint density at radius 2 is 1.90 bits per heavy atom. The van der Waals surface area contributed by atoms with E-state index in [0.29, 0.717) is 5.75 Å². The molecule has 1 N–H and O–H groups in total. The number of nitrogens with one attached hydrogen (secondary N) is 1. The average molecular weight is 298 g/mol. The molecule has 4 nitrogen and oxygen atoms in total. The Hall–Kier alpha value is -0.710. The average Bonchev–Trinajstić information content (AvgIpc) is 2.41. The van der Waals surface area contributed by atoms with Crippen molar-refractivity contribution >= 4 is 23.6 Å². The van der Waals surface area contributed by atoms with Crippen LogP contribution >= 0.6 is 11.8 Å². The Labute approximate surface area is 126 Å². The summed E-state index contributed by atoms with van der Waals surface area (Å²) in [6.45, 7) is 3.48. The van der Waals surface area contributed by atoms with Gasteiger partial charge in [-0.25, -0.2) is 0 Å². The largest absolute Gasteiger partial charge is 0.344 e. The Morgan fingerprint density at radius 1 is 1.20 bits per heavy atom. The van der Waals surface area contributed by atoms with E-state index in [4.69, 9.17) is 0 Å². The fourth-order valence-electron chi connectivity index (χ4n) is 2.71. The molecule has 114 valence electrons. The van der Waals surface area contributed by atoms with Gasteiger partial charge in [0.1, 0.15) is 6.04 Å². The van der Waals surface area contributed by atoms with E-state index in [9.17, 15) is 9.59 Å². The molecule has 1 aliphatic carbocycles. The standard InChI is InChI=1S/C15H26N2O2S/c1-12(15(19)17-8-3-2-4-9-17)16-14(18)11-20-10-13-6-5-7-13/h12-13H,2-11H2,1H3,(H,16,18)/t12-/m1/s1. The van der Waals surface area contributed by atoms with Crippen LogP contribution in [-0.2, 0) is 9.59 Å². The second-order valence-electron chi connectivity index (χ2n) is 5.99. The molecule has 2 rings (SSSR count). The molecule has 0 spiro atoms. The molecule has 0 unspecified atom stereocenters. The van der Waals surface area contributed by atoms with E-state index in [1.165, 1.54) is 25.7 Å². The first-order chi connectivity index (χ1) is 9.66. The zero-order chi connectivity index (χ0) is 14.4. The topological polar surface area (TPSA) is 49.4 Å². The lowest BCUT2D eigenvalue weighted by atomic mass is 9.87. The fraction of sp³-hybridized carbons (Fsp3) is 0.867. The molecule has 0 aromatic rings. The minimum absolute atomic E-state index is 0.00724. The number of hydrogen-bond acceptors (Lipinski definition) is 3. The summed E-state index contributed by atoms with van der Waals surface area (Å²) in [7, 11) is 0. The minimum Gasteiger partial charge on any atom is -0.344 e. The summed E-state index contributed by atoms with van der Waals surface area (Å²) in [6, 6.07) is -0.384. The van der Waals surface area contributed by atoms with Gasteiger partial charge in [0, 0.05) is 13.1 Å². The molecule has 20 heavy (non-hydrogen) atoms. The highest BCUT2D eigenvalue weighted by Crippen LogP contribution is 2.29. The number of thioether (sulfide) groups is 1. The molecule has 2 fully saturated rings. The molecule has 1 saturated heterocycles. The molecule has 0 aromatic carbocycles. The molecular weight excluding hydrogens is 272 g/mol. The van der Waals surface area contributed by atoms with E-state index in [2.05, 4.69) is 5.32 Å². The first-order valence-electron chi connectivity index (χ1n) is 7.82. The maximum absolute atomic E-state index is 12.2. The van der Waals surface area contributed by atoms with E-state index in [1.54, 1.807) is 18.7 Å². The number of nitrogens with zero attached hydrogens (tertiary/aromatic N) is 1. The maximum Gasteiger partial charge on any atom is 0.244 e. The highest BCUT2D eigenvalue weighted by molar-refractivity contribution is 7.99. The normalized spacial score (nSPS) is 21.1. The Bertz CT molecular complexity index is 339. The highest BCUT2D eigenvalue weighted by Gasteiger charge is 2.23. The molecule has 2 aliphatic rings. The molecule has 0 radical (unpaired) electrons. The van der Waals surface area contributed by atoms with E-state index in [-0.39, 0.29) is 17.9 Å². The molecule has 1 heterocycles. The van der Waals surface area contributed by atoms with E-state index in [1.807, 2.05) is 4.90 Å². The first-order valence-corrected chi connectivity index (χ1v) is 8.98. The predicted molar refractivity (Wildman–Crippen MR) is 82.7 cm³/mol. The van der Waals surface area contributed by atoms with Crippen molar-refractivity contribution in [2.24, 2.45) is 5.92 Å². The molecule has 0 aromatic heterocycles. The third kappa shape index (κ3) is 4.69. The van der Waals surface area contributed by atoms with Crippen LogP contribution in [0.2, 0.25) is 0 Å². The number of likely N-dealkylation sites (tertiary alicyclic amines) is 1. The molecule has 1 saturated carbocycles. The van der Waals surface area contributed by atoms with Gasteiger partial charge in [0.15, 0.2) is 0 Å². The summed E-state index contributed by atoms with van der Waals surface area (Å²) in [6.07, 6.45) is 7.37. The monoisotopic (exact) mass is 298 g/mol. The molecule has 5 heteroatoms. The van der Waals surface area contributed by atoms with Gasteiger partial charge in [0.05, 0.1) is 5.75 Å². The third-order valence-corrected chi connectivity index (χ3v) is 5.40. The van der Waals surface area contributed by atoms with Crippen LogP contribution in [0.4, 0.5) is 0 Å². The van der Waals surface area contributed by atoms with Crippen LogP contribution in [0.15, 0.2) is 0 Å². The van der Waals surface area contributed by atoms with Crippen LogP contribution in [0.1, 0.15) is 45.4 Å². The van der Waals surface area contributed by atoms with Crippen LogP contribution in [0.25, 0.3) is 0 Å². The number of piperidine rings is 1. The second-order valence-corrected chi connectivity index (χ2v) is 7.02. The highest BCUT2D eigenvalue weighted by atomic mass is 32.2. The Kier molecular flexibility index (Phi) is 6.20. The number of carbonyl (C=O) groups excluding carboxylic acids is 2. The van der Waals surface area contributed by atoms with Crippen LogP contribution in [0.3, 0.4) is 0 Å². The summed E-state index contributed by atoms with van der Waals surface area (Å²) < 4.78 is 0. The molecule has 2 amide bonds. The summed E-state index contributed by atoms with van der Waals surface area (Å²) in [5.41, 5.74) is 0. The lowest BCUT2D eigenvalue weighted by Crippen LogP contribution is -2.48. The predicted octanol–water partition coefficient (Wildman–Crippen LogP) is 2.04. The van der Waals surface area contributed by atoms with Crippen molar-refractivity contribution in [3.05, 3.63) is 0 Å². The number of amides is 2. The first kappa shape index (κ1) is 15.7. The van der Waals surface area contributed by atoms with Gasteiger partial charge in [-0.2, -0.15) is 11.8 Å². The summed E-state index contributed by atoms with van der Waals surface area (Å²) in [5.74, 6) is 2.45. The van der Waals surface area contributed by atoms with Gasteiger partial charge in [-0.15, -0.1) is 0 Å². The lowest BCUT2D eigenvalue weighted by Gasteiger charge is -2.29. The van der Waals surface area contributed by atoms with Crippen LogP contribution in [0, 0.1) is 5.92 Å². The lowest BCUT2D eigenvalue weighted by molar-refractivity contribution is -0.136. The van der Waals surface area contributed by atoms with Crippen LogP contribution < -0.4 is 5.32 Å².